The molecular formula is C16H18N2O3. The Labute approximate surface area is 123 Å². The van der Waals surface area contributed by atoms with Gasteiger partial charge in [-0.25, -0.2) is 4.79 Å². The van der Waals surface area contributed by atoms with Crippen molar-refractivity contribution >= 4 is 17.7 Å². The molecule has 2 aromatic carbocycles. The van der Waals surface area contributed by atoms with Crippen LogP contribution in [-0.4, -0.2) is 17.1 Å². The van der Waals surface area contributed by atoms with Crippen LogP contribution < -0.4 is 11.1 Å². The summed E-state index contributed by atoms with van der Waals surface area (Å²) in [4.78, 5) is 20.7. The molecule has 4 N–H and O–H groups in total. The minimum absolute atomic E-state index is 0.379. The standard InChI is InChI=1S/C9H11NO2.C7H7NO/c1-6-3-7(2)5-8(4-6)10-9(11)12;8-7(9)6-4-2-1-3-5-6/h3-5,10H,1-2H3,(H,11,12);1-5H,(H2,8,9). The molecule has 0 aromatic heterocycles. The van der Waals surface area contributed by atoms with Gasteiger partial charge in [0.05, 0.1) is 0 Å². The second kappa shape index (κ2) is 7.69. The van der Waals surface area contributed by atoms with Gasteiger partial charge in [-0.1, -0.05) is 24.3 Å². The zero-order valence-corrected chi connectivity index (χ0v) is 12.0. The SMILES string of the molecule is Cc1cc(C)cc(NC(=O)O)c1.NC(=O)c1ccccc1. The lowest BCUT2D eigenvalue weighted by Gasteiger charge is -2.03. The molecular weight excluding hydrogens is 268 g/mol. The minimum Gasteiger partial charge on any atom is -0.465 e. The number of primary amides is 1. The number of carbonyl (C=O) groups excluding carboxylic acids is 1. The van der Waals surface area contributed by atoms with Crippen molar-refractivity contribution in [2.75, 3.05) is 5.32 Å². The van der Waals surface area contributed by atoms with Crippen molar-refractivity contribution in [2.45, 2.75) is 13.8 Å². The van der Waals surface area contributed by atoms with Crippen LogP contribution in [0.3, 0.4) is 0 Å². The summed E-state index contributed by atoms with van der Waals surface area (Å²) in [6, 6.07) is 14.3. The fraction of sp³-hybridized carbons (Fsp3) is 0.125. The van der Waals surface area contributed by atoms with E-state index in [4.69, 9.17) is 10.8 Å². The topological polar surface area (TPSA) is 92.4 Å². The maximum absolute atomic E-state index is 10.4. The number of rotatable bonds is 2. The summed E-state index contributed by atoms with van der Waals surface area (Å²) in [5.41, 5.74) is 8.26. The number of nitrogens with two attached hydrogens (primary N) is 1. The van der Waals surface area contributed by atoms with Gasteiger partial charge in [0.15, 0.2) is 0 Å². The first-order chi connectivity index (χ1) is 9.88. The lowest BCUT2D eigenvalue weighted by Crippen LogP contribution is -2.09. The number of hydrogen-bond acceptors (Lipinski definition) is 2. The number of anilines is 1. The summed E-state index contributed by atoms with van der Waals surface area (Å²) in [5, 5.41) is 10.7. The van der Waals surface area contributed by atoms with Crippen LogP contribution in [0.25, 0.3) is 0 Å². The summed E-state index contributed by atoms with van der Waals surface area (Å²) >= 11 is 0. The molecule has 0 bridgehead atoms. The summed E-state index contributed by atoms with van der Waals surface area (Å²) in [7, 11) is 0. The van der Waals surface area contributed by atoms with Crippen molar-refractivity contribution < 1.29 is 14.7 Å². The average Bonchev–Trinajstić information content (AvgIpc) is 2.38. The Balaban J connectivity index is 0.000000219. The van der Waals surface area contributed by atoms with Crippen molar-refractivity contribution in [2.24, 2.45) is 5.73 Å². The number of aryl methyl sites for hydroxylation is 2. The van der Waals surface area contributed by atoms with Gasteiger partial charge in [-0.05, 0) is 49.2 Å². The van der Waals surface area contributed by atoms with E-state index >= 15 is 0 Å². The van der Waals surface area contributed by atoms with Gasteiger partial charge in [0.1, 0.15) is 0 Å². The molecule has 0 spiro atoms. The van der Waals surface area contributed by atoms with Crippen LogP contribution in [-0.2, 0) is 0 Å². The molecule has 21 heavy (non-hydrogen) atoms. The molecule has 0 aliphatic rings. The number of amides is 2. The van der Waals surface area contributed by atoms with Crippen LogP contribution in [0.5, 0.6) is 0 Å². The van der Waals surface area contributed by atoms with Gasteiger partial charge < -0.3 is 10.8 Å². The fourth-order valence-electron chi connectivity index (χ4n) is 1.77. The Hall–Kier alpha value is -2.82. The van der Waals surface area contributed by atoms with E-state index in [0.29, 0.717) is 11.3 Å². The summed E-state index contributed by atoms with van der Waals surface area (Å²) in [6.07, 6.45) is -1.03. The molecule has 5 heteroatoms. The van der Waals surface area contributed by atoms with E-state index in [2.05, 4.69) is 5.32 Å². The number of benzene rings is 2. The first kappa shape index (κ1) is 16.2. The van der Waals surface area contributed by atoms with E-state index in [1.54, 1.807) is 36.4 Å². The quantitative estimate of drug-likeness (QED) is 0.791. The number of hydrogen-bond donors (Lipinski definition) is 3. The second-order valence-corrected chi connectivity index (χ2v) is 4.54. The summed E-state index contributed by atoms with van der Waals surface area (Å²) < 4.78 is 0. The largest absolute Gasteiger partial charge is 0.465 e. The maximum Gasteiger partial charge on any atom is 0.409 e. The van der Waals surface area contributed by atoms with Crippen LogP contribution >= 0.6 is 0 Å². The third-order valence-electron chi connectivity index (χ3n) is 2.53. The number of carboxylic acid groups (broad SMARTS) is 1. The first-order valence-electron chi connectivity index (χ1n) is 6.31. The predicted molar refractivity (Wildman–Crippen MR) is 82.5 cm³/mol. The molecule has 2 rings (SSSR count). The molecule has 0 atom stereocenters. The van der Waals surface area contributed by atoms with E-state index in [0.717, 1.165) is 11.1 Å². The smallest absolute Gasteiger partial charge is 0.409 e. The molecule has 0 aliphatic heterocycles. The van der Waals surface area contributed by atoms with Gasteiger partial charge >= 0.3 is 6.09 Å². The molecule has 5 nitrogen and oxygen atoms in total. The number of carbonyl (C=O) groups is 2. The van der Waals surface area contributed by atoms with Crippen molar-refractivity contribution in [3.63, 3.8) is 0 Å². The zero-order valence-electron chi connectivity index (χ0n) is 12.0. The molecule has 0 fully saturated rings. The Morgan fingerprint density at radius 3 is 1.90 bits per heavy atom. The number of nitrogens with one attached hydrogen (secondary N) is 1. The first-order valence-corrected chi connectivity index (χ1v) is 6.31. The highest BCUT2D eigenvalue weighted by Gasteiger charge is 1.98. The molecule has 0 aliphatic carbocycles. The van der Waals surface area contributed by atoms with E-state index < -0.39 is 6.09 Å². The van der Waals surface area contributed by atoms with Crippen molar-refractivity contribution in [3.8, 4) is 0 Å². The van der Waals surface area contributed by atoms with Gasteiger partial charge in [0, 0.05) is 11.3 Å². The monoisotopic (exact) mass is 286 g/mol. The fourth-order valence-corrected chi connectivity index (χ4v) is 1.77. The van der Waals surface area contributed by atoms with Crippen LogP contribution in [0.2, 0.25) is 0 Å². The van der Waals surface area contributed by atoms with Gasteiger partial charge in [0.2, 0.25) is 5.91 Å². The van der Waals surface area contributed by atoms with Crippen molar-refractivity contribution in [1.29, 1.82) is 0 Å². The van der Waals surface area contributed by atoms with Crippen LogP contribution in [0.4, 0.5) is 10.5 Å². The molecule has 0 saturated carbocycles. The Morgan fingerprint density at radius 1 is 1.00 bits per heavy atom. The highest BCUT2D eigenvalue weighted by atomic mass is 16.4. The van der Waals surface area contributed by atoms with Crippen LogP contribution in [0.15, 0.2) is 48.5 Å². The molecule has 0 radical (unpaired) electrons. The molecule has 110 valence electrons. The van der Waals surface area contributed by atoms with Gasteiger partial charge in [-0.2, -0.15) is 0 Å². The lowest BCUT2D eigenvalue weighted by molar-refractivity contribution is 0.1000. The highest BCUT2D eigenvalue weighted by molar-refractivity contribution is 5.92. The third-order valence-corrected chi connectivity index (χ3v) is 2.53. The summed E-state index contributed by atoms with van der Waals surface area (Å²) in [6.45, 7) is 3.86. The lowest BCUT2D eigenvalue weighted by atomic mass is 10.1. The van der Waals surface area contributed by atoms with Crippen LogP contribution in [0, 0.1) is 13.8 Å². The Morgan fingerprint density at radius 2 is 1.52 bits per heavy atom. The van der Waals surface area contributed by atoms with E-state index in [1.807, 2.05) is 26.0 Å². The second-order valence-electron chi connectivity index (χ2n) is 4.54. The van der Waals surface area contributed by atoms with Crippen LogP contribution in [0.1, 0.15) is 21.5 Å². The zero-order chi connectivity index (χ0) is 15.8. The molecule has 0 heterocycles. The highest BCUT2D eigenvalue weighted by Crippen LogP contribution is 2.13. The van der Waals surface area contributed by atoms with Crippen molar-refractivity contribution in [1.82, 2.24) is 0 Å². The molecule has 0 saturated heterocycles. The normalized spacial score (nSPS) is 9.24. The third kappa shape index (κ3) is 6.24. The van der Waals surface area contributed by atoms with E-state index in [9.17, 15) is 9.59 Å². The minimum atomic E-state index is -1.03. The van der Waals surface area contributed by atoms with Gasteiger partial charge in [0.25, 0.3) is 0 Å². The molecule has 2 amide bonds. The molecule has 2 aromatic rings. The van der Waals surface area contributed by atoms with Gasteiger partial charge in [-0.15, -0.1) is 0 Å². The average molecular weight is 286 g/mol. The predicted octanol–water partition coefficient (Wildman–Crippen LogP) is 3.18. The van der Waals surface area contributed by atoms with E-state index in [-0.39, 0.29) is 5.91 Å². The maximum atomic E-state index is 10.4. The Bertz CT molecular complexity index is 604. The summed E-state index contributed by atoms with van der Waals surface area (Å²) in [5.74, 6) is -0.379. The van der Waals surface area contributed by atoms with Gasteiger partial charge in [-0.3, -0.25) is 10.1 Å². The van der Waals surface area contributed by atoms with Crippen molar-refractivity contribution in [3.05, 3.63) is 65.2 Å². The van der Waals surface area contributed by atoms with E-state index in [1.165, 1.54) is 0 Å². The molecule has 0 unspecified atom stereocenters. The Kier molecular flexibility index (Phi) is 5.95.